The highest BCUT2D eigenvalue weighted by molar-refractivity contribution is 9.10. The summed E-state index contributed by atoms with van der Waals surface area (Å²) in [6, 6.07) is 6.01. The highest BCUT2D eigenvalue weighted by atomic mass is 79.9. The number of hydrogen-bond donors (Lipinski definition) is 0. The number of fused-ring (bicyclic) bond motifs is 1. The normalized spacial score (nSPS) is 26.5. The average Bonchev–Trinajstić information content (AvgIpc) is 2.47. The molecule has 0 bridgehead atoms. The van der Waals surface area contributed by atoms with Gasteiger partial charge in [-0.05, 0) is 50.9 Å². The minimum Gasteiger partial charge on any atom is -0.366 e. The minimum absolute atomic E-state index is 0.201. The summed E-state index contributed by atoms with van der Waals surface area (Å²) < 4.78 is 0.755. The Balaban J connectivity index is 1.84. The number of benzene rings is 1. The minimum atomic E-state index is -0.279. The van der Waals surface area contributed by atoms with Crippen molar-refractivity contribution in [3.63, 3.8) is 0 Å². The van der Waals surface area contributed by atoms with Crippen molar-refractivity contribution in [2.45, 2.75) is 25.3 Å². The van der Waals surface area contributed by atoms with Gasteiger partial charge in [0, 0.05) is 29.7 Å². The molecule has 0 spiro atoms. The predicted molar refractivity (Wildman–Crippen MR) is 86.8 cm³/mol. The second kappa shape index (κ2) is 5.93. The Kier molecular flexibility index (Phi) is 4.17. The Labute approximate surface area is 133 Å². The monoisotopic (exact) mass is 353 g/mol. The zero-order valence-electron chi connectivity index (χ0n) is 12.2. The molecule has 114 valence electrons. The van der Waals surface area contributed by atoms with Gasteiger partial charge in [0.05, 0.1) is 4.92 Å². The number of anilines is 1. The van der Waals surface area contributed by atoms with Gasteiger partial charge in [-0.15, -0.1) is 0 Å². The number of halogens is 1. The third kappa shape index (κ3) is 2.92. The average molecular weight is 354 g/mol. The van der Waals surface area contributed by atoms with Crippen LogP contribution >= 0.6 is 15.9 Å². The standard InChI is InChI=1S/C15H20BrN3O2/c1-17-7-2-3-11-10-18(8-6-13(11)17)14-5-4-12(16)9-15(14)19(20)21/h4-5,9,11,13H,2-3,6-8,10H2,1H3. The van der Waals surface area contributed by atoms with E-state index in [9.17, 15) is 10.1 Å². The maximum absolute atomic E-state index is 11.3. The van der Waals surface area contributed by atoms with E-state index < -0.39 is 0 Å². The molecule has 5 nitrogen and oxygen atoms in total. The quantitative estimate of drug-likeness (QED) is 0.604. The van der Waals surface area contributed by atoms with Crippen LogP contribution in [0.15, 0.2) is 22.7 Å². The molecule has 2 atom stereocenters. The van der Waals surface area contributed by atoms with Crippen LogP contribution in [0.2, 0.25) is 0 Å². The maximum Gasteiger partial charge on any atom is 0.293 e. The summed E-state index contributed by atoms with van der Waals surface area (Å²) >= 11 is 3.32. The zero-order chi connectivity index (χ0) is 15.0. The van der Waals surface area contributed by atoms with Gasteiger partial charge >= 0.3 is 0 Å². The molecule has 0 aromatic heterocycles. The third-order valence-electron chi connectivity index (χ3n) is 4.82. The first-order valence-corrected chi connectivity index (χ1v) is 8.24. The Morgan fingerprint density at radius 2 is 2.14 bits per heavy atom. The molecule has 0 N–H and O–H groups in total. The molecule has 2 aliphatic rings. The summed E-state index contributed by atoms with van der Waals surface area (Å²) in [7, 11) is 2.20. The SMILES string of the molecule is CN1CCCC2CN(c3ccc(Br)cc3[N+](=O)[O-])CCC21. The van der Waals surface area contributed by atoms with E-state index in [1.807, 2.05) is 12.1 Å². The Hall–Kier alpha value is -1.14. The lowest BCUT2D eigenvalue weighted by atomic mass is 9.84. The smallest absolute Gasteiger partial charge is 0.293 e. The fourth-order valence-corrected chi connectivity index (χ4v) is 4.13. The van der Waals surface area contributed by atoms with Crippen molar-refractivity contribution in [2.75, 3.05) is 31.6 Å². The van der Waals surface area contributed by atoms with Crippen LogP contribution in [-0.4, -0.2) is 42.5 Å². The highest BCUT2D eigenvalue weighted by Gasteiger charge is 2.35. The van der Waals surface area contributed by atoms with E-state index in [0.717, 1.165) is 29.7 Å². The summed E-state index contributed by atoms with van der Waals surface area (Å²) in [6.45, 7) is 3.01. The summed E-state index contributed by atoms with van der Waals surface area (Å²) in [5.41, 5.74) is 0.960. The molecule has 1 aromatic rings. The van der Waals surface area contributed by atoms with Gasteiger partial charge in [-0.25, -0.2) is 0 Å². The highest BCUT2D eigenvalue weighted by Crippen LogP contribution is 2.36. The summed E-state index contributed by atoms with van der Waals surface area (Å²) in [5, 5.41) is 11.3. The molecule has 2 fully saturated rings. The lowest BCUT2D eigenvalue weighted by Gasteiger charge is -2.46. The van der Waals surface area contributed by atoms with E-state index in [1.54, 1.807) is 6.07 Å². The maximum atomic E-state index is 11.3. The van der Waals surface area contributed by atoms with Crippen LogP contribution in [0.5, 0.6) is 0 Å². The van der Waals surface area contributed by atoms with Crippen LogP contribution in [0.3, 0.4) is 0 Å². The fourth-order valence-electron chi connectivity index (χ4n) is 3.78. The Morgan fingerprint density at radius 3 is 2.90 bits per heavy atom. The summed E-state index contributed by atoms with van der Waals surface area (Å²) in [4.78, 5) is 15.7. The molecule has 2 heterocycles. The van der Waals surface area contributed by atoms with E-state index in [4.69, 9.17) is 0 Å². The topological polar surface area (TPSA) is 49.6 Å². The van der Waals surface area contributed by atoms with Gasteiger partial charge in [0.2, 0.25) is 0 Å². The fraction of sp³-hybridized carbons (Fsp3) is 0.600. The number of nitro benzene ring substituents is 1. The van der Waals surface area contributed by atoms with Gasteiger partial charge in [-0.1, -0.05) is 15.9 Å². The molecular formula is C15H20BrN3O2. The lowest BCUT2D eigenvalue weighted by Crippen LogP contribution is -2.52. The van der Waals surface area contributed by atoms with E-state index in [0.29, 0.717) is 12.0 Å². The molecule has 0 amide bonds. The van der Waals surface area contributed by atoms with E-state index >= 15 is 0 Å². The number of piperidine rings is 2. The molecule has 6 heteroatoms. The van der Waals surface area contributed by atoms with E-state index in [2.05, 4.69) is 32.8 Å². The number of hydrogen-bond acceptors (Lipinski definition) is 4. The van der Waals surface area contributed by atoms with Crippen LogP contribution in [0.4, 0.5) is 11.4 Å². The van der Waals surface area contributed by atoms with Crippen LogP contribution in [0.1, 0.15) is 19.3 Å². The van der Waals surface area contributed by atoms with Gasteiger partial charge in [-0.2, -0.15) is 0 Å². The number of nitrogens with zero attached hydrogens (tertiary/aromatic N) is 3. The summed E-state index contributed by atoms with van der Waals surface area (Å²) in [5.74, 6) is 0.626. The van der Waals surface area contributed by atoms with E-state index in [1.165, 1.54) is 19.4 Å². The second-order valence-electron chi connectivity index (χ2n) is 6.08. The van der Waals surface area contributed by atoms with Crippen LogP contribution in [0, 0.1) is 16.0 Å². The van der Waals surface area contributed by atoms with Crippen molar-refractivity contribution in [1.82, 2.24) is 4.90 Å². The predicted octanol–water partition coefficient (Wildman–Crippen LogP) is 3.28. The van der Waals surface area contributed by atoms with E-state index in [-0.39, 0.29) is 10.6 Å². The van der Waals surface area contributed by atoms with Crippen molar-refractivity contribution < 1.29 is 4.92 Å². The summed E-state index contributed by atoms with van der Waals surface area (Å²) in [6.07, 6.45) is 3.55. The second-order valence-corrected chi connectivity index (χ2v) is 6.99. The van der Waals surface area contributed by atoms with Crippen molar-refractivity contribution >= 4 is 27.3 Å². The first-order valence-electron chi connectivity index (χ1n) is 7.45. The zero-order valence-corrected chi connectivity index (χ0v) is 13.8. The van der Waals surface area contributed by atoms with Crippen molar-refractivity contribution in [3.8, 4) is 0 Å². The van der Waals surface area contributed by atoms with Gasteiger partial charge < -0.3 is 9.80 Å². The molecule has 2 unspecified atom stereocenters. The first kappa shape index (κ1) is 14.8. The third-order valence-corrected chi connectivity index (χ3v) is 5.31. The van der Waals surface area contributed by atoms with Crippen molar-refractivity contribution in [1.29, 1.82) is 0 Å². The first-order chi connectivity index (χ1) is 10.1. The van der Waals surface area contributed by atoms with Crippen LogP contribution in [-0.2, 0) is 0 Å². The molecular weight excluding hydrogens is 334 g/mol. The molecule has 0 saturated carbocycles. The van der Waals surface area contributed by atoms with Crippen LogP contribution < -0.4 is 4.90 Å². The van der Waals surface area contributed by atoms with Crippen LogP contribution in [0.25, 0.3) is 0 Å². The molecule has 2 saturated heterocycles. The van der Waals surface area contributed by atoms with Gasteiger partial charge in [0.25, 0.3) is 5.69 Å². The van der Waals surface area contributed by atoms with Crippen molar-refractivity contribution in [2.24, 2.45) is 5.92 Å². The van der Waals surface area contributed by atoms with Gasteiger partial charge in [-0.3, -0.25) is 10.1 Å². The lowest BCUT2D eigenvalue weighted by molar-refractivity contribution is -0.384. The molecule has 0 radical (unpaired) electrons. The number of rotatable bonds is 2. The molecule has 0 aliphatic carbocycles. The van der Waals surface area contributed by atoms with Gasteiger partial charge in [0.1, 0.15) is 5.69 Å². The largest absolute Gasteiger partial charge is 0.366 e. The van der Waals surface area contributed by atoms with Gasteiger partial charge in [0.15, 0.2) is 0 Å². The molecule has 2 aliphatic heterocycles. The number of nitro groups is 1. The number of likely N-dealkylation sites (tertiary alicyclic amines) is 1. The Morgan fingerprint density at radius 1 is 1.33 bits per heavy atom. The molecule has 21 heavy (non-hydrogen) atoms. The molecule has 3 rings (SSSR count). The Bertz CT molecular complexity index is 552. The van der Waals surface area contributed by atoms with Crippen molar-refractivity contribution in [3.05, 3.63) is 32.8 Å². The molecule has 1 aromatic carbocycles.